The molecule has 29 heavy (non-hydrogen) atoms. The van der Waals surface area contributed by atoms with Gasteiger partial charge in [-0.3, -0.25) is 14.5 Å². The first-order valence-corrected chi connectivity index (χ1v) is 10.5. The molecule has 0 spiro atoms. The summed E-state index contributed by atoms with van der Waals surface area (Å²) >= 11 is 8.00. The van der Waals surface area contributed by atoms with Crippen molar-refractivity contribution in [2.75, 3.05) is 12.4 Å². The number of halogens is 1. The number of nitrogens with one attached hydrogen (secondary N) is 2. The lowest BCUT2D eigenvalue weighted by molar-refractivity contribution is -0.116. The maximum Gasteiger partial charge on any atom is 0.246 e. The smallest absolute Gasteiger partial charge is 0.246 e. The quantitative estimate of drug-likeness (QED) is 0.423. The van der Waals surface area contributed by atoms with E-state index in [1.807, 2.05) is 17.5 Å². The molecule has 3 heterocycles. The lowest BCUT2D eigenvalue weighted by Gasteiger charge is -2.05. The summed E-state index contributed by atoms with van der Waals surface area (Å²) in [5.74, 6) is 0.00531. The Balaban J connectivity index is 1.49. The van der Waals surface area contributed by atoms with E-state index in [1.54, 1.807) is 16.0 Å². The van der Waals surface area contributed by atoms with E-state index in [9.17, 15) is 9.18 Å². The van der Waals surface area contributed by atoms with Gasteiger partial charge in [0.05, 0.1) is 17.7 Å². The summed E-state index contributed by atoms with van der Waals surface area (Å²) in [5, 5.41) is 13.8. The number of thiazole rings is 1. The number of amides is 1. The Kier molecular flexibility index (Phi) is 5.51. The predicted octanol–water partition coefficient (Wildman–Crippen LogP) is 4.58. The van der Waals surface area contributed by atoms with Crippen LogP contribution in [0.5, 0.6) is 5.75 Å². The lowest BCUT2D eigenvalue weighted by Crippen LogP contribution is -2.19. The molecular weight excluding hydrogens is 433 g/mol. The molecule has 11 heteroatoms. The van der Waals surface area contributed by atoms with Gasteiger partial charge >= 0.3 is 0 Å². The maximum atomic E-state index is 13.9. The third-order valence-electron chi connectivity index (χ3n) is 4.00. The Bertz CT molecular complexity index is 1210. The summed E-state index contributed by atoms with van der Waals surface area (Å²) in [6.45, 7) is -0.00531. The normalized spacial score (nSPS) is 10.8. The number of hydrogen-bond acceptors (Lipinski definition) is 7. The van der Waals surface area contributed by atoms with Crippen molar-refractivity contribution in [1.82, 2.24) is 19.7 Å². The molecule has 3 aromatic heterocycles. The highest BCUT2D eigenvalue weighted by Crippen LogP contribution is 2.28. The van der Waals surface area contributed by atoms with E-state index in [2.05, 4.69) is 20.5 Å². The molecule has 7 nitrogen and oxygen atoms in total. The Morgan fingerprint density at radius 1 is 1.38 bits per heavy atom. The number of ether oxygens (including phenoxy) is 1. The second-order valence-corrected chi connectivity index (χ2v) is 8.04. The number of anilines is 1. The molecule has 0 fully saturated rings. The van der Waals surface area contributed by atoms with Crippen molar-refractivity contribution in [3.8, 4) is 27.7 Å². The minimum Gasteiger partial charge on any atom is -0.494 e. The fourth-order valence-electron chi connectivity index (χ4n) is 2.65. The third kappa shape index (κ3) is 4.11. The second kappa shape index (κ2) is 8.23. The minimum absolute atomic E-state index is 0.00531. The van der Waals surface area contributed by atoms with Crippen molar-refractivity contribution in [2.45, 2.75) is 6.54 Å². The van der Waals surface area contributed by atoms with E-state index >= 15 is 0 Å². The SMILES string of the molecule is COc1ccc(-c2csc(NC(=O)Cn3c(-c4cccs4)n[nH]c3=S)n2)cc1F. The van der Waals surface area contributed by atoms with Crippen LogP contribution in [0.1, 0.15) is 0 Å². The Hall–Kier alpha value is -2.89. The third-order valence-corrected chi connectivity index (χ3v) is 5.93. The first-order valence-electron chi connectivity index (χ1n) is 8.33. The average Bonchev–Trinajstić information content (AvgIpc) is 3.44. The van der Waals surface area contributed by atoms with Gasteiger partial charge in [-0.25, -0.2) is 9.37 Å². The molecule has 148 valence electrons. The van der Waals surface area contributed by atoms with Crippen LogP contribution in [0.3, 0.4) is 0 Å². The molecule has 4 rings (SSSR count). The van der Waals surface area contributed by atoms with Gasteiger partial charge in [0.15, 0.2) is 27.3 Å². The zero-order valence-corrected chi connectivity index (χ0v) is 17.5. The van der Waals surface area contributed by atoms with Crippen LogP contribution in [0.2, 0.25) is 0 Å². The lowest BCUT2D eigenvalue weighted by atomic mass is 10.1. The predicted molar refractivity (Wildman–Crippen MR) is 113 cm³/mol. The van der Waals surface area contributed by atoms with E-state index in [-0.39, 0.29) is 18.2 Å². The number of nitrogens with zero attached hydrogens (tertiary/aromatic N) is 3. The molecule has 4 aromatic rings. The number of rotatable bonds is 6. The zero-order valence-electron chi connectivity index (χ0n) is 15.0. The largest absolute Gasteiger partial charge is 0.494 e. The topological polar surface area (TPSA) is 84.8 Å². The molecule has 0 bridgehead atoms. The summed E-state index contributed by atoms with van der Waals surface area (Å²) in [5.41, 5.74) is 1.16. The molecule has 0 aliphatic carbocycles. The number of carbonyl (C=O) groups excluding carboxylic acids is 1. The number of aromatic amines is 1. The molecule has 0 unspecified atom stereocenters. The highest BCUT2D eigenvalue weighted by molar-refractivity contribution is 7.71. The number of hydrogen-bond donors (Lipinski definition) is 2. The molecule has 0 radical (unpaired) electrons. The summed E-state index contributed by atoms with van der Waals surface area (Å²) in [6, 6.07) is 8.40. The molecule has 0 atom stereocenters. The van der Waals surface area contributed by atoms with E-state index < -0.39 is 5.82 Å². The number of aromatic nitrogens is 4. The highest BCUT2D eigenvalue weighted by Gasteiger charge is 2.15. The van der Waals surface area contributed by atoms with Crippen LogP contribution in [0.25, 0.3) is 22.0 Å². The van der Waals surface area contributed by atoms with Crippen LogP contribution in [-0.2, 0) is 11.3 Å². The molecule has 1 aromatic carbocycles. The monoisotopic (exact) mass is 447 g/mol. The first-order chi connectivity index (χ1) is 14.0. The van der Waals surface area contributed by atoms with Crippen molar-refractivity contribution in [2.24, 2.45) is 0 Å². The number of carbonyl (C=O) groups is 1. The number of thiophene rings is 1. The maximum absolute atomic E-state index is 13.9. The molecule has 2 N–H and O–H groups in total. The van der Waals surface area contributed by atoms with Gasteiger partial charge in [0.25, 0.3) is 0 Å². The van der Waals surface area contributed by atoms with Crippen LogP contribution >= 0.6 is 34.9 Å². The van der Waals surface area contributed by atoms with Crippen molar-refractivity contribution in [1.29, 1.82) is 0 Å². The summed E-state index contributed by atoms with van der Waals surface area (Å²) in [4.78, 5) is 17.8. The van der Waals surface area contributed by atoms with E-state index in [1.165, 1.54) is 41.9 Å². The molecular formula is C18H14FN5O2S3. The summed E-state index contributed by atoms with van der Waals surface area (Å²) in [7, 11) is 1.41. The Morgan fingerprint density at radius 3 is 2.97 bits per heavy atom. The molecule has 0 aliphatic heterocycles. The van der Waals surface area contributed by atoms with Gasteiger partial charge in [-0.15, -0.1) is 22.7 Å². The van der Waals surface area contributed by atoms with Crippen molar-refractivity contribution in [3.63, 3.8) is 0 Å². The van der Waals surface area contributed by atoms with Gasteiger partial charge in [-0.1, -0.05) is 6.07 Å². The first kappa shape index (κ1) is 19.4. The van der Waals surface area contributed by atoms with Gasteiger partial charge in [-0.05, 0) is 41.9 Å². The van der Waals surface area contributed by atoms with Crippen molar-refractivity contribution < 1.29 is 13.9 Å². The summed E-state index contributed by atoms with van der Waals surface area (Å²) in [6.07, 6.45) is 0. The van der Waals surface area contributed by atoms with Crippen LogP contribution in [-0.4, -0.2) is 32.8 Å². The van der Waals surface area contributed by atoms with Crippen molar-refractivity contribution >= 4 is 45.9 Å². The van der Waals surface area contributed by atoms with Gasteiger partial charge in [0.1, 0.15) is 6.54 Å². The van der Waals surface area contributed by atoms with Crippen LogP contribution in [0, 0.1) is 10.6 Å². The second-order valence-electron chi connectivity index (χ2n) is 5.85. The van der Waals surface area contributed by atoms with E-state index in [0.29, 0.717) is 27.0 Å². The van der Waals surface area contributed by atoms with Crippen molar-refractivity contribution in [3.05, 3.63) is 51.7 Å². The molecule has 0 aliphatic rings. The molecule has 0 saturated heterocycles. The standard InChI is InChI=1S/C18H14FN5O2S3/c1-26-13-5-4-10(7-11(13)19)12-9-29-17(20-12)21-15(25)8-24-16(22-23-18(24)27)14-3-2-6-28-14/h2-7,9H,8H2,1H3,(H,23,27)(H,20,21,25). The van der Waals surface area contributed by atoms with Gasteiger partial charge in [0.2, 0.25) is 5.91 Å². The Morgan fingerprint density at radius 2 is 2.24 bits per heavy atom. The number of benzene rings is 1. The van der Waals surface area contributed by atoms with Gasteiger partial charge in [0, 0.05) is 10.9 Å². The van der Waals surface area contributed by atoms with Gasteiger partial charge < -0.3 is 10.1 Å². The average molecular weight is 448 g/mol. The van der Waals surface area contributed by atoms with Gasteiger partial charge in [-0.2, -0.15) is 5.10 Å². The number of methoxy groups -OCH3 is 1. The molecule has 0 saturated carbocycles. The fraction of sp³-hybridized carbons (Fsp3) is 0.111. The minimum atomic E-state index is -0.473. The van der Waals surface area contributed by atoms with E-state index in [4.69, 9.17) is 17.0 Å². The Labute approximate surface area is 177 Å². The van der Waals surface area contributed by atoms with E-state index in [0.717, 1.165) is 4.88 Å². The highest BCUT2D eigenvalue weighted by atomic mass is 32.1. The van der Waals surface area contributed by atoms with Crippen LogP contribution in [0.15, 0.2) is 41.1 Å². The zero-order chi connectivity index (χ0) is 20.4. The summed E-state index contributed by atoms with van der Waals surface area (Å²) < 4.78 is 20.8. The fourth-order valence-corrected chi connectivity index (χ4v) is 4.30. The van der Waals surface area contributed by atoms with Crippen LogP contribution < -0.4 is 10.1 Å². The van der Waals surface area contributed by atoms with Crippen LogP contribution in [0.4, 0.5) is 9.52 Å². The molecule has 1 amide bonds. The number of H-pyrrole nitrogens is 1.